The molecule has 1 saturated heterocycles. The highest BCUT2D eigenvalue weighted by Gasteiger charge is 2.47. The average molecular weight is 817 g/mol. The van der Waals surface area contributed by atoms with Crippen molar-refractivity contribution in [3.8, 4) is 0 Å². The second-order valence-electron chi connectivity index (χ2n) is 14.8. The van der Waals surface area contributed by atoms with Crippen LogP contribution in [0, 0.1) is 0 Å². The van der Waals surface area contributed by atoms with Crippen molar-refractivity contribution in [3.05, 3.63) is 72.9 Å². The maximum atomic E-state index is 12.7. The smallest absolute Gasteiger partial charge is 0.335 e. The molecular formula is C47H76O11. The van der Waals surface area contributed by atoms with Crippen molar-refractivity contribution in [1.82, 2.24) is 0 Å². The summed E-state index contributed by atoms with van der Waals surface area (Å²) in [5.74, 6) is -2.54. The lowest BCUT2D eigenvalue weighted by atomic mass is 9.99. The van der Waals surface area contributed by atoms with Crippen LogP contribution in [0.5, 0.6) is 0 Å². The number of carboxylic acids is 1. The summed E-state index contributed by atoms with van der Waals surface area (Å²) in [6.07, 6.45) is 36.7. The van der Waals surface area contributed by atoms with E-state index in [9.17, 15) is 34.8 Å². The molecule has 1 rings (SSSR count). The van der Waals surface area contributed by atoms with Gasteiger partial charge in [-0.2, -0.15) is 0 Å². The number of esters is 2. The summed E-state index contributed by atoms with van der Waals surface area (Å²) < 4.78 is 21.6. The molecule has 1 heterocycles. The summed E-state index contributed by atoms with van der Waals surface area (Å²) in [6, 6.07) is 0. The molecule has 2 unspecified atom stereocenters. The van der Waals surface area contributed by atoms with Crippen molar-refractivity contribution < 1.29 is 53.8 Å². The summed E-state index contributed by atoms with van der Waals surface area (Å²) in [7, 11) is 0. The molecule has 0 aliphatic carbocycles. The molecule has 1 aliphatic rings. The first-order valence-electron chi connectivity index (χ1n) is 22.0. The predicted octanol–water partition coefficient (Wildman–Crippen LogP) is 9.31. The van der Waals surface area contributed by atoms with Gasteiger partial charge >= 0.3 is 17.9 Å². The number of unbranched alkanes of at least 4 members (excludes halogenated alkanes) is 12. The Balaban J connectivity index is 2.44. The van der Waals surface area contributed by atoms with Gasteiger partial charge < -0.3 is 39.4 Å². The Hall–Kier alpha value is -3.35. The molecular weight excluding hydrogens is 741 g/mol. The van der Waals surface area contributed by atoms with E-state index in [1.54, 1.807) is 0 Å². The van der Waals surface area contributed by atoms with E-state index in [1.807, 2.05) is 12.2 Å². The van der Waals surface area contributed by atoms with Crippen LogP contribution < -0.4 is 0 Å². The SMILES string of the molecule is CC/C=C\C/C=C\C/C=C\C/C=C\C/C=C\CCCC(=O)O[C@H](COC(=O)CCCCCCC/C=C\CCCCCCCC)CO[C@H]1O[C@H](C(=O)O)[C@@H](O)C(O)C1O. The van der Waals surface area contributed by atoms with Crippen LogP contribution in [0.1, 0.15) is 155 Å². The number of carboxylic acid groups (broad SMARTS) is 1. The molecule has 0 amide bonds. The molecule has 11 nitrogen and oxygen atoms in total. The highest BCUT2D eigenvalue weighted by Crippen LogP contribution is 2.23. The van der Waals surface area contributed by atoms with Crippen LogP contribution in [0.3, 0.4) is 0 Å². The molecule has 1 aliphatic heterocycles. The standard InChI is InChI=1S/C47H76O11/c1-3-5-7-9-11-13-15-17-19-20-22-24-26-28-30-32-34-36-41(49)57-39(38-56-47-44(52)42(50)43(51)45(58-47)46(53)54)37-55-40(48)35-33-31-29-27-25-23-21-18-16-14-12-10-8-6-4-2/h5,7,11,13,17-19,21-22,24,28,30,39,42-45,47,50-52H,3-4,6,8-10,12,14-16,20,23,25-27,29,31-38H2,1-2H3,(H,53,54)/b7-5-,13-11-,19-17-,21-18-,24-22-,30-28-/t39-,42?,43+,44?,45+,47+/m1/s1. The van der Waals surface area contributed by atoms with E-state index < -0.39 is 61.3 Å². The molecule has 58 heavy (non-hydrogen) atoms. The molecule has 0 radical (unpaired) electrons. The van der Waals surface area contributed by atoms with Gasteiger partial charge in [-0.15, -0.1) is 0 Å². The lowest BCUT2D eigenvalue weighted by Gasteiger charge is -2.38. The monoisotopic (exact) mass is 817 g/mol. The Kier molecular flexibility index (Phi) is 33.3. The number of rotatable bonds is 35. The van der Waals surface area contributed by atoms with Gasteiger partial charge in [0.15, 0.2) is 18.5 Å². The first kappa shape index (κ1) is 52.7. The fourth-order valence-electron chi connectivity index (χ4n) is 6.08. The molecule has 0 aromatic rings. The van der Waals surface area contributed by atoms with E-state index in [0.29, 0.717) is 19.3 Å². The van der Waals surface area contributed by atoms with E-state index in [-0.39, 0.29) is 19.4 Å². The third kappa shape index (κ3) is 28.1. The lowest BCUT2D eigenvalue weighted by Crippen LogP contribution is -2.60. The molecule has 330 valence electrons. The number of aliphatic carboxylic acids is 1. The first-order chi connectivity index (χ1) is 28.2. The number of aliphatic hydroxyl groups excluding tert-OH is 3. The van der Waals surface area contributed by atoms with Gasteiger partial charge in [-0.1, -0.05) is 138 Å². The summed E-state index contributed by atoms with van der Waals surface area (Å²) in [6.45, 7) is 3.62. The third-order valence-electron chi connectivity index (χ3n) is 9.54. The molecule has 0 spiro atoms. The maximum absolute atomic E-state index is 12.7. The lowest BCUT2D eigenvalue weighted by molar-refractivity contribution is -0.298. The zero-order valence-electron chi connectivity index (χ0n) is 35.5. The van der Waals surface area contributed by atoms with Crippen molar-refractivity contribution in [3.63, 3.8) is 0 Å². The molecule has 0 saturated carbocycles. The topological polar surface area (TPSA) is 169 Å². The van der Waals surface area contributed by atoms with Crippen LogP contribution in [-0.2, 0) is 33.3 Å². The molecule has 0 aromatic heterocycles. The van der Waals surface area contributed by atoms with Gasteiger partial charge in [0.05, 0.1) is 6.61 Å². The van der Waals surface area contributed by atoms with Crippen molar-refractivity contribution >= 4 is 17.9 Å². The number of hydrogen-bond donors (Lipinski definition) is 4. The van der Waals surface area contributed by atoms with E-state index in [2.05, 4.69) is 74.6 Å². The van der Waals surface area contributed by atoms with Crippen LogP contribution in [0.4, 0.5) is 0 Å². The van der Waals surface area contributed by atoms with Gasteiger partial charge in [-0.05, 0) is 77.0 Å². The van der Waals surface area contributed by atoms with Crippen molar-refractivity contribution in [2.75, 3.05) is 13.2 Å². The molecule has 0 aromatic carbocycles. The molecule has 0 bridgehead atoms. The number of aliphatic hydroxyl groups is 3. The highest BCUT2D eigenvalue weighted by atomic mass is 16.7. The van der Waals surface area contributed by atoms with E-state index in [4.69, 9.17) is 18.9 Å². The zero-order chi connectivity index (χ0) is 42.5. The first-order valence-corrected chi connectivity index (χ1v) is 22.0. The summed E-state index contributed by atoms with van der Waals surface area (Å²) in [5, 5.41) is 39.8. The Morgan fingerprint density at radius 2 is 1.03 bits per heavy atom. The van der Waals surface area contributed by atoms with Gasteiger partial charge in [0.25, 0.3) is 0 Å². The molecule has 1 fully saturated rings. The number of carbonyl (C=O) groups excluding carboxylic acids is 2. The van der Waals surface area contributed by atoms with Crippen molar-refractivity contribution in [1.29, 1.82) is 0 Å². The minimum absolute atomic E-state index is 0.0994. The van der Waals surface area contributed by atoms with Gasteiger partial charge in [0.2, 0.25) is 0 Å². The average Bonchev–Trinajstić information content (AvgIpc) is 3.21. The van der Waals surface area contributed by atoms with Crippen LogP contribution in [0.2, 0.25) is 0 Å². The third-order valence-corrected chi connectivity index (χ3v) is 9.54. The minimum Gasteiger partial charge on any atom is -0.479 e. The fourth-order valence-corrected chi connectivity index (χ4v) is 6.08. The number of allylic oxidation sites excluding steroid dienone is 12. The normalized spacial score (nSPS) is 20.7. The second kappa shape index (κ2) is 36.7. The van der Waals surface area contributed by atoms with E-state index >= 15 is 0 Å². The van der Waals surface area contributed by atoms with Crippen LogP contribution in [-0.4, -0.2) is 88.4 Å². The van der Waals surface area contributed by atoms with Crippen molar-refractivity contribution in [2.45, 2.75) is 192 Å². The molecule has 11 heteroatoms. The predicted molar refractivity (Wildman–Crippen MR) is 229 cm³/mol. The minimum atomic E-state index is -1.87. The Morgan fingerprint density at radius 3 is 1.60 bits per heavy atom. The summed E-state index contributed by atoms with van der Waals surface area (Å²) >= 11 is 0. The largest absolute Gasteiger partial charge is 0.479 e. The van der Waals surface area contributed by atoms with Crippen LogP contribution in [0.15, 0.2) is 72.9 Å². The number of ether oxygens (including phenoxy) is 4. The summed E-state index contributed by atoms with van der Waals surface area (Å²) in [4.78, 5) is 36.8. The quantitative estimate of drug-likeness (QED) is 0.0273. The van der Waals surface area contributed by atoms with Crippen molar-refractivity contribution in [2.24, 2.45) is 0 Å². The maximum Gasteiger partial charge on any atom is 0.335 e. The van der Waals surface area contributed by atoms with Gasteiger partial charge in [0.1, 0.15) is 24.9 Å². The second-order valence-corrected chi connectivity index (χ2v) is 14.8. The van der Waals surface area contributed by atoms with Gasteiger partial charge in [-0.3, -0.25) is 9.59 Å². The van der Waals surface area contributed by atoms with Gasteiger partial charge in [0, 0.05) is 12.8 Å². The van der Waals surface area contributed by atoms with Gasteiger partial charge in [-0.25, -0.2) is 4.79 Å². The number of hydrogen-bond acceptors (Lipinski definition) is 10. The Morgan fingerprint density at radius 1 is 0.552 bits per heavy atom. The summed E-state index contributed by atoms with van der Waals surface area (Å²) in [5.41, 5.74) is 0. The Bertz CT molecular complexity index is 1240. The van der Waals surface area contributed by atoms with E-state index in [1.165, 1.54) is 38.5 Å². The van der Waals surface area contributed by atoms with E-state index in [0.717, 1.165) is 70.6 Å². The molecule has 6 atom stereocenters. The Labute approximate surface area is 348 Å². The fraction of sp³-hybridized carbons (Fsp3) is 0.681. The highest BCUT2D eigenvalue weighted by molar-refractivity contribution is 5.73. The number of carbonyl (C=O) groups is 3. The zero-order valence-corrected chi connectivity index (χ0v) is 35.5. The van der Waals surface area contributed by atoms with Crippen LogP contribution >= 0.6 is 0 Å². The van der Waals surface area contributed by atoms with Crippen LogP contribution in [0.25, 0.3) is 0 Å². The molecule has 4 N–H and O–H groups in total.